The van der Waals surface area contributed by atoms with Crippen molar-refractivity contribution in [2.75, 3.05) is 5.32 Å². The molecule has 1 unspecified atom stereocenters. The van der Waals surface area contributed by atoms with Crippen molar-refractivity contribution in [3.63, 3.8) is 0 Å². The smallest absolute Gasteiger partial charge is 0.241 e. The Kier molecular flexibility index (Phi) is 3.45. The van der Waals surface area contributed by atoms with Gasteiger partial charge in [-0.1, -0.05) is 11.6 Å². The third kappa shape index (κ3) is 2.55. The molecular formula is C16H15ClN4O2. The van der Waals surface area contributed by atoms with E-state index in [4.69, 9.17) is 11.6 Å². The summed E-state index contributed by atoms with van der Waals surface area (Å²) in [4.78, 5) is 19.8. The molecular weight excluding hydrogens is 316 g/mol. The van der Waals surface area contributed by atoms with E-state index in [-0.39, 0.29) is 5.91 Å². The van der Waals surface area contributed by atoms with E-state index in [1.165, 1.54) is 0 Å². The van der Waals surface area contributed by atoms with Crippen LogP contribution in [0.25, 0.3) is 21.8 Å². The van der Waals surface area contributed by atoms with Gasteiger partial charge in [-0.25, -0.2) is 0 Å². The number of aliphatic hydroxyl groups is 1. The Balaban J connectivity index is 1.76. The van der Waals surface area contributed by atoms with Crippen LogP contribution in [0.1, 0.15) is 12.8 Å². The number of carbonyl (C=O) groups is 1. The lowest BCUT2D eigenvalue weighted by atomic mass is 10.1. The minimum absolute atomic E-state index is 0.179. The summed E-state index contributed by atoms with van der Waals surface area (Å²) in [5.74, 6) is -0.179. The van der Waals surface area contributed by atoms with E-state index in [1.807, 2.05) is 12.1 Å². The van der Waals surface area contributed by atoms with Crippen molar-refractivity contribution in [3.8, 4) is 0 Å². The Bertz CT molecular complexity index is 908. The highest BCUT2D eigenvalue weighted by atomic mass is 35.5. The molecule has 23 heavy (non-hydrogen) atoms. The Labute approximate surface area is 136 Å². The van der Waals surface area contributed by atoms with E-state index in [0.29, 0.717) is 23.6 Å². The number of H-pyrrole nitrogens is 1. The fraction of sp³-hybridized carbons (Fsp3) is 0.250. The number of fused-ring (bicyclic) bond motifs is 3. The van der Waals surface area contributed by atoms with Crippen molar-refractivity contribution in [1.82, 2.24) is 15.3 Å². The molecule has 3 aromatic rings. The third-order valence-corrected chi connectivity index (χ3v) is 4.39. The number of hydrogen-bond acceptors (Lipinski definition) is 4. The second-order valence-electron chi connectivity index (χ2n) is 5.72. The molecule has 1 saturated heterocycles. The minimum atomic E-state index is -0.621. The number of aromatic nitrogens is 2. The molecule has 7 heteroatoms. The number of benzene rings is 1. The Hall–Kier alpha value is -2.15. The number of nitrogens with one attached hydrogen (secondary N) is 3. The SMILES string of the molecule is O=C(Nc1cc(Cl)cc2c1[nH]c1cnccc12)[C@H]1CCC(O)N1. The fourth-order valence-corrected chi connectivity index (χ4v) is 3.28. The number of rotatable bonds is 2. The van der Waals surface area contributed by atoms with Crippen LogP contribution in [0.15, 0.2) is 30.6 Å². The molecule has 0 spiro atoms. The molecule has 2 atom stereocenters. The third-order valence-electron chi connectivity index (χ3n) is 4.17. The van der Waals surface area contributed by atoms with Crippen molar-refractivity contribution in [2.45, 2.75) is 25.1 Å². The first-order valence-electron chi connectivity index (χ1n) is 7.42. The number of amides is 1. The summed E-state index contributed by atoms with van der Waals surface area (Å²) < 4.78 is 0. The van der Waals surface area contributed by atoms with Gasteiger partial charge < -0.3 is 15.4 Å². The standard InChI is InChI=1S/C16H15ClN4O2/c17-8-5-10-9-3-4-18-7-13(9)20-15(10)12(6-8)21-16(23)11-1-2-14(22)19-11/h3-7,11,14,19-20,22H,1-2H2,(H,21,23)/t11-,14?/m1/s1. The summed E-state index contributed by atoms with van der Waals surface area (Å²) in [6.07, 6.45) is 4.01. The highest BCUT2D eigenvalue weighted by Crippen LogP contribution is 2.33. The topological polar surface area (TPSA) is 90.0 Å². The number of carbonyl (C=O) groups excluding carboxylic acids is 1. The molecule has 1 fully saturated rings. The molecule has 1 amide bonds. The number of nitrogens with zero attached hydrogens (tertiary/aromatic N) is 1. The molecule has 6 nitrogen and oxygen atoms in total. The van der Waals surface area contributed by atoms with Crippen LogP contribution in [0.4, 0.5) is 5.69 Å². The van der Waals surface area contributed by atoms with Crippen LogP contribution in [0.2, 0.25) is 5.02 Å². The molecule has 0 aliphatic carbocycles. The number of pyridine rings is 1. The van der Waals surface area contributed by atoms with E-state index >= 15 is 0 Å². The molecule has 3 heterocycles. The van der Waals surface area contributed by atoms with Crippen LogP contribution in [0, 0.1) is 0 Å². The lowest BCUT2D eigenvalue weighted by molar-refractivity contribution is -0.118. The van der Waals surface area contributed by atoms with Crippen molar-refractivity contribution in [3.05, 3.63) is 35.6 Å². The van der Waals surface area contributed by atoms with Gasteiger partial charge in [0.15, 0.2) is 0 Å². The minimum Gasteiger partial charge on any atom is -0.379 e. The van der Waals surface area contributed by atoms with Gasteiger partial charge in [-0.2, -0.15) is 0 Å². The van der Waals surface area contributed by atoms with Crippen LogP contribution >= 0.6 is 11.6 Å². The first kappa shape index (κ1) is 14.4. The van der Waals surface area contributed by atoms with E-state index < -0.39 is 12.3 Å². The molecule has 1 aromatic carbocycles. The Morgan fingerprint density at radius 3 is 3.00 bits per heavy atom. The summed E-state index contributed by atoms with van der Waals surface area (Å²) in [5, 5.41) is 17.7. The predicted molar refractivity (Wildman–Crippen MR) is 89.4 cm³/mol. The van der Waals surface area contributed by atoms with E-state index in [9.17, 15) is 9.90 Å². The van der Waals surface area contributed by atoms with Crippen LogP contribution in [0.3, 0.4) is 0 Å². The number of aromatic amines is 1. The maximum absolute atomic E-state index is 12.4. The van der Waals surface area contributed by atoms with Crippen molar-refractivity contribution < 1.29 is 9.90 Å². The summed E-state index contributed by atoms with van der Waals surface area (Å²) in [6, 6.07) is 5.09. The van der Waals surface area contributed by atoms with Gasteiger partial charge in [-0.05, 0) is 31.0 Å². The highest BCUT2D eigenvalue weighted by molar-refractivity contribution is 6.32. The van der Waals surface area contributed by atoms with Gasteiger partial charge in [0.1, 0.15) is 6.23 Å². The molecule has 1 aliphatic rings. The van der Waals surface area contributed by atoms with E-state index in [0.717, 1.165) is 21.8 Å². The molecule has 4 rings (SSSR count). The number of anilines is 1. The van der Waals surface area contributed by atoms with Crippen LogP contribution in [-0.2, 0) is 4.79 Å². The zero-order valence-electron chi connectivity index (χ0n) is 12.1. The van der Waals surface area contributed by atoms with Crippen LogP contribution < -0.4 is 10.6 Å². The molecule has 118 valence electrons. The average Bonchev–Trinajstić information content (AvgIpc) is 3.11. The Morgan fingerprint density at radius 2 is 2.22 bits per heavy atom. The van der Waals surface area contributed by atoms with Gasteiger partial charge in [0.25, 0.3) is 0 Å². The van der Waals surface area contributed by atoms with Gasteiger partial charge in [-0.15, -0.1) is 0 Å². The second-order valence-corrected chi connectivity index (χ2v) is 6.16. The lowest BCUT2D eigenvalue weighted by Gasteiger charge is -2.13. The van der Waals surface area contributed by atoms with Crippen molar-refractivity contribution in [1.29, 1.82) is 0 Å². The summed E-state index contributed by atoms with van der Waals surface area (Å²) in [6.45, 7) is 0. The molecule has 0 radical (unpaired) electrons. The number of hydrogen-bond donors (Lipinski definition) is 4. The first-order chi connectivity index (χ1) is 11.1. The quantitative estimate of drug-likeness (QED) is 0.580. The molecule has 1 aliphatic heterocycles. The predicted octanol–water partition coefficient (Wildman–Crippen LogP) is 2.38. The maximum Gasteiger partial charge on any atom is 0.241 e. The molecule has 2 aromatic heterocycles. The van der Waals surface area contributed by atoms with E-state index in [2.05, 4.69) is 20.6 Å². The molecule has 4 N–H and O–H groups in total. The lowest BCUT2D eigenvalue weighted by Crippen LogP contribution is -2.38. The van der Waals surface area contributed by atoms with Gasteiger partial charge in [0, 0.05) is 22.0 Å². The highest BCUT2D eigenvalue weighted by Gasteiger charge is 2.28. The zero-order chi connectivity index (χ0) is 16.0. The zero-order valence-corrected chi connectivity index (χ0v) is 12.9. The fourth-order valence-electron chi connectivity index (χ4n) is 3.07. The van der Waals surface area contributed by atoms with Crippen molar-refractivity contribution in [2.24, 2.45) is 0 Å². The molecule has 0 bridgehead atoms. The largest absolute Gasteiger partial charge is 0.379 e. The Morgan fingerprint density at radius 1 is 1.35 bits per heavy atom. The molecule has 0 saturated carbocycles. The average molecular weight is 331 g/mol. The summed E-state index contributed by atoms with van der Waals surface area (Å²) in [5.41, 5.74) is 2.32. The monoisotopic (exact) mass is 330 g/mol. The normalized spacial score (nSPS) is 21.1. The van der Waals surface area contributed by atoms with Gasteiger partial charge in [0.2, 0.25) is 5.91 Å². The van der Waals surface area contributed by atoms with Crippen molar-refractivity contribution >= 4 is 45.0 Å². The summed E-state index contributed by atoms with van der Waals surface area (Å²) >= 11 is 6.21. The first-order valence-corrected chi connectivity index (χ1v) is 7.79. The second kappa shape index (κ2) is 5.49. The van der Waals surface area contributed by atoms with Gasteiger partial charge >= 0.3 is 0 Å². The van der Waals surface area contributed by atoms with Gasteiger partial charge in [-0.3, -0.25) is 15.1 Å². The van der Waals surface area contributed by atoms with E-state index in [1.54, 1.807) is 18.5 Å². The van der Waals surface area contributed by atoms with Crippen LogP contribution in [0.5, 0.6) is 0 Å². The maximum atomic E-state index is 12.4. The number of aliphatic hydroxyl groups excluding tert-OH is 1. The van der Waals surface area contributed by atoms with Gasteiger partial charge in [0.05, 0.1) is 29.0 Å². The summed E-state index contributed by atoms with van der Waals surface area (Å²) in [7, 11) is 0. The van der Waals surface area contributed by atoms with Crippen LogP contribution in [-0.4, -0.2) is 33.3 Å². The number of halogens is 1.